The quantitative estimate of drug-likeness (QED) is 0.894. The first-order valence-corrected chi connectivity index (χ1v) is 7.35. The van der Waals surface area contributed by atoms with Crippen molar-refractivity contribution < 1.29 is 9.90 Å². The summed E-state index contributed by atoms with van der Waals surface area (Å²) in [6, 6.07) is 1.72. The smallest absolute Gasteiger partial charge is 0.253 e. The summed E-state index contributed by atoms with van der Waals surface area (Å²) in [7, 11) is 1.86. The second-order valence-corrected chi connectivity index (χ2v) is 5.89. The molecule has 1 fully saturated rings. The predicted octanol–water partition coefficient (Wildman–Crippen LogP) is 1.39. The first kappa shape index (κ1) is 14.0. The predicted molar refractivity (Wildman–Crippen MR) is 78.9 cm³/mol. The normalized spacial score (nSPS) is 17.8. The van der Waals surface area contributed by atoms with E-state index in [0.717, 1.165) is 37.8 Å². The van der Waals surface area contributed by atoms with Gasteiger partial charge in [-0.05, 0) is 18.9 Å². The maximum atomic E-state index is 12.2. The van der Waals surface area contributed by atoms with Crippen molar-refractivity contribution in [2.75, 3.05) is 6.54 Å². The van der Waals surface area contributed by atoms with Crippen LogP contribution in [-0.2, 0) is 7.05 Å². The van der Waals surface area contributed by atoms with Crippen LogP contribution in [0.4, 0.5) is 0 Å². The number of hydrogen-bond acceptors (Lipinski definition) is 4. The minimum absolute atomic E-state index is 0.214. The molecule has 6 heteroatoms. The summed E-state index contributed by atoms with van der Waals surface area (Å²) in [5.41, 5.74) is 1.16. The molecule has 0 aromatic carbocycles. The molecular weight excluding hydrogens is 268 g/mol. The lowest BCUT2D eigenvalue weighted by Gasteiger charge is -2.32. The topological polar surface area (TPSA) is 80.0 Å². The molecule has 21 heavy (non-hydrogen) atoms. The van der Waals surface area contributed by atoms with Crippen LogP contribution in [0, 0.1) is 0 Å². The fourth-order valence-corrected chi connectivity index (χ4v) is 2.87. The Hall–Kier alpha value is -1.95. The molecule has 1 amide bonds. The van der Waals surface area contributed by atoms with Crippen LogP contribution < -0.4 is 5.32 Å². The van der Waals surface area contributed by atoms with E-state index in [4.69, 9.17) is 0 Å². The van der Waals surface area contributed by atoms with Gasteiger partial charge in [-0.2, -0.15) is 0 Å². The van der Waals surface area contributed by atoms with Crippen molar-refractivity contribution in [3.63, 3.8) is 0 Å². The molecule has 1 saturated carbocycles. The van der Waals surface area contributed by atoms with E-state index < -0.39 is 5.60 Å². The molecule has 0 spiro atoms. The molecule has 0 atom stereocenters. The SMILES string of the molecule is Cn1cnc2cc(C(=O)NCC3(O)CCCCC3)cnc21. The number of aryl methyl sites for hydroxylation is 1. The number of carbonyl (C=O) groups is 1. The summed E-state index contributed by atoms with van der Waals surface area (Å²) in [6.45, 7) is 0.298. The zero-order valence-electron chi connectivity index (χ0n) is 12.2. The molecule has 0 aliphatic heterocycles. The summed E-state index contributed by atoms with van der Waals surface area (Å²) in [5, 5.41) is 13.2. The average Bonchev–Trinajstić information content (AvgIpc) is 2.87. The Morgan fingerprint density at radius 1 is 1.38 bits per heavy atom. The number of nitrogens with zero attached hydrogens (tertiary/aromatic N) is 3. The Balaban J connectivity index is 1.69. The van der Waals surface area contributed by atoms with Gasteiger partial charge in [0.25, 0.3) is 5.91 Å². The Bertz CT molecular complexity index is 659. The number of hydrogen-bond donors (Lipinski definition) is 2. The number of aliphatic hydroxyl groups is 1. The van der Waals surface area contributed by atoms with Crippen LogP contribution in [0.1, 0.15) is 42.5 Å². The van der Waals surface area contributed by atoms with Crippen LogP contribution in [0.25, 0.3) is 11.2 Å². The number of aromatic nitrogens is 3. The van der Waals surface area contributed by atoms with Crippen molar-refractivity contribution in [2.24, 2.45) is 7.05 Å². The number of imidazole rings is 1. The Kier molecular flexibility index (Phi) is 3.63. The maximum absolute atomic E-state index is 12.2. The van der Waals surface area contributed by atoms with Crippen LogP contribution in [-0.4, -0.2) is 37.7 Å². The Labute approximate surface area is 123 Å². The van der Waals surface area contributed by atoms with Crippen molar-refractivity contribution in [2.45, 2.75) is 37.7 Å². The van der Waals surface area contributed by atoms with Gasteiger partial charge in [0.2, 0.25) is 0 Å². The van der Waals surface area contributed by atoms with Crippen LogP contribution in [0.15, 0.2) is 18.6 Å². The van der Waals surface area contributed by atoms with Crippen LogP contribution in [0.3, 0.4) is 0 Å². The molecule has 0 radical (unpaired) electrons. The van der Waals surface area contributed by atoms with E-state index in [0.29, 0.717) is 17.6 Å². The number of nitrogens with one attached hydrogen (secondary N) is 1. The number of fused-ring (bicyclic) bond motifs is 1. The monoisotopic (exact) mass is 288 g/mol. The van der Waals surface area contributed by atoms with Gasteiger partial charge < -0.3 is 15.0 Å². The molecule has 112 valence electrons. The number of pyridine rings is 1. The van der Waals surface area contributed by atoms with Gasteiger partial charge in [-0.1, -0.05) is 19.3 Å². The molecule has 1 aliphatic rings. The number of amides is 1. The lowest BCUT2D eigenvalue weighted by atomic mass is 9.85. The standard InChI is InChI=1S/C15H20N4O2/c1-19-10-18-12-7-11(8-16-13(12)19)14(20)17-9-15(21)5-3-2-4-6-15/h7-8,10,21H,2-6,9H2,1H3,(H,17,20). The van der Waals surface area contributed by atoms with Gasteiger partial charge in [0, 0.05) is 19.8 Å². The molecule has 2 aromatic heterocycles. The largest absolute Gasteiger partial charge is 0.388 e. The van der Waals surface area contributed by atoms with Crippen LogP contribution in [0.2, 0.25) is 0 Å². The van der Waals surface area contributed by atoms with Crippen LogP contribution >= 0.6 is 0 Å². The van der Waals surface area contributed by atoms with E-state index in [9.17, 15) is 9.90 Å². The number of carbonyl (C=O) groups excluding carboxylic acids is 1. The highest BCUT2D eigenvalue weighted by molar-refractivity contribution is 5.96. The van der Waals surface area contributed by atoms with Crippen molar-refractivity contribution in [3.8, 4) is 0 Å². The summed E-state index contributed by atoms with van der Waals surface area (Å²) < 4.78 is 1.81. The van der Waals surface area contributed by atoms with E-state index >= 15 is 0 Å². The molecule has 2 aromatic rings. The van der Waals surface area contributed by atoms with E-state index in [1.807, 2.05) is 11.6 Å². The second-order valence-electron chi connectivity index (χ2n) is 5.89. The van der Waals surface area contributed by atoms with Crippen molar-refractivity contribution in [1.82, 2.24) is 19.9 Å². The van der Waals surface area contributed by atoms with Gasteiger partial charge in [0.15, 0.2) is 5.65 Å². The molecule has 2 N–H and O–H groups in total. The van der Waals surface area contributed by atoms with Gasteiger partial charge in [-0.25, -0.2) is 9.97 Å². The molecule has 3 rings (SSSR count). The zero-order chi connectivity index (χ0) is 14.9. The van der Waals surface area contributed by atoms with Crippen molar-refractivity contribution in [3.05, 3.63) is 24.2 Å². The zero-order valence-corrected chi connectivity index (χ0v) is 12.2. The molecular formula is C15H20N4O2. The number of rotatable bonds is 3. The summed E-state index contributed by atoms with van der Waals surface area (Å²) in [5.74, 6) is -0.214. The van der Waals surface area contributed by atoms with Gasteiger partial charge in [-0.3, -0.25) is 4.79 Å². The maximum Gasteiger partial charge on any atom is 0.253 e. The van der Waals surface area contributed by atoms with Crippen molar-refractivity contribution >= 4 is 17.1 Å². The summed E-state index contributed by atoms with van der Waals surface area (Å²) in [4.78, 5) is 20.6. The summed E-state index contributed by atoms with van der Waals surface area (Å²) >= 11 is 0. The molecule has 6 nitrogen and oxygen atoms in total. The Morgan fingerprint density at radius 2 is 2.14 bits per heavy atom. The van der Waals surface area contributed by atoms with Gasteiger partial charge in [-0.15, -0.1) is 0 Å². The third kappa shape index (κ3) is 2.90. The van der Waals surface area contributed by atoms with Gasteiger partial charge in [0.05, 0.1) is 17.5 Å². The molecule has 1 aliphatic carbocycles. The third-order valence-corrected chi connectivity index (χ3v) is 4.18. The lowest BCUT2D eigenvalue weighted by Crippen LogP contribution is -2.44. The van der Waals surface area contributed by atoms with Gasteiger partial charge >= 0.3 is 0 Å². The van der Waals surface area contributed by atoms with E-state index in [-0.39, 0.29) is 5.91 Å². The van der Waals surface area contributed by atoms with E-state index in [1.165, 1.54) is 0 Å². The highest BCUT2D eigenvalue weighted by Gasteiger charge is 2.29. The molecule has 2 heterocycles. The lowest BCUT2D eigenvalue weighted by molar-refractivity contribution is 0.00525. The second kappa shape index (κ2) is 5.44. The van der Waals surface area contributed by atoms with Gasteiger partial charge in [0.1, 0.15) is 5.52 Å². The van der Waals surface area contributed by atoms with E-state index in [1.54, 1.807) is 18.6 Å². The minimum atomic E-state index is -0.754. The molecule has 0 bridgehead atoms. The Morgan fingerprint density at radius 3 is 2.90 bits per heavy atom. The third-order valence-electron chi connectivity index (χ3n) is 4.18. The first-order valence-electron chi connectivity index (χ1n) is 7.35. The average molecular weight is 288 g/mol. The minimum Gasteiger partial charge on any atom is -0.388 e. The highest BCUT2D eigenvalue weighted by atomic mass is 16.3. The summed E-state index contributed by atoms with van der Waals surface area (Å²) in [6.07, 6.45) is 7.93. The highest BCUT2D eigenvalue weighted by Crippen LogP contribution is 2.27. The molecule has 0 unspecified atom stereocenters. The van der Waals surface area contributed by atoms with Crippen molar-refractivity contribution in [1.29, 1.82) is 0 Å². The fourth-order valence-electron chi connectivity index (χ4n) is 2.87. The fraction of sp³-hybridized carbons (Fsp3) is 0.533. The van der Waals surface area contributed by atoms with Crippen LogP contribution in [0.5, 0.6) is 0 Å². The first-order chi connectivity index (χ1) is 10.1. The van der Waals surface area contributed by atoms with E-state index in [2.05, 4.69) is 15.3 Å². The molecule has 0 saturated heterocycles.